The monoisotopic (exact) mass is 253 g/mol. The third-order valence-corrected chi connectivity index (χ3v) is 3.85. The van der Waals surface area contributed by atoms with Crippen LogP contribution in [0.3, 0.4) is 0 Å². The first-order valence-electron chi connectivity index (χ1n) is 6.55. The number of hydrogen-bond acceptors (Lipinski definition) is 3. The van der Waals surface area contributed by atoms with Crippen LogP contribution in [0.4, 0.5) is 0 Å². The molecule has 18 heavy (non-hydrogen) atoms. The van der Waals surface area contributed by atoms with Gasteiger partial charge in [-0.25, -0.2) is 0 Å². The number of aromatic nitrogens is 2. The molecule has 1 rings (SSSR count). The van der Waals surface area contributed by atoms with Crippen LogP contribution in [0.2, 0.25) is 0 Å². The molecule has 104 valence electrons. The number of ether oxygens (including phenoxy) is 1. The van der Waals surface area contributed by atoms with Crippen LogP contribution in [0.25, 0.3) is 0 Å². The second-order valence-electron chi connectivity index (χ2n) is 5.55. The fraction of sp³-hybridized carbons (Fsp3) is 0.786. The molecule has 4 nitrogen and oxygen atoms in total. The van der Waals surface area contributed by atoms with Crippen LogP contribution in [-0.2, 0) is 11.8 Å². The molecule has 4 heteroatoms. The predicted molar refractivity (Wildman–Crippen MR) is 74.8 cm³/mol. The van der Waals surface area contributed by atoms with Crippen LogP contribution in [-0.4, -0.2) is 29.5 Å². The van der Waals surface area contributed by atoms with E-state index in [0.717, 1.165) is 18.5 Å². The van der Waals surface area contributed by atoms with Crippen LogP contribution < -0.4 is 5.32 Å². The van der Waals surface area contributed by atoms with Crippen molar-refractivity contribution in [1.29, 1.82) is 0 Å². The molecule has 1 aromatic rings. The summed E-state index contributed by atoms with van der Waals surface area (Å²) in [5, 5.41) is 7.89. The Bertz CT molecular complexity index is 396. The third-order valence-electron chi connectivity index (χ3n) is 3.85. The minimum absolute atomic E-state index is 0.0703. The normalized spacial score (nSPS) is 13.9. The Balaban J connectivity index is 2.84. The van der Waals surface area contributed by atoms with Crippen LogP contribution in [0.15, 0.2) is 0 Å². The summed E-state index contributed by atoms with van der Waals surface area (Å²) in [5.74, 6) is 0. The summed E-state index contributed by atoms with van der Waals surface area (Å²) in [4.78, 5) is 0. The second-order valence-corrected chi connectivity index (χ2v) is 5.55. The Labute approximate surface area is 111 Å². The largest absolute Gasteiger partial charge is 0.379 e. The molecule has 0 spiro atoms. The molecule has 0 aliphatic rings. The van der Waals surface area contributed by atoms with Gasteiger partial charge in [0.25, 0.3) is 0 Å². The standard InChI is InChI=1S/C14H27N3O/c1-10-13(11(2)17(6)16-10)12(15-5)8-9-14(3,4)18-7/h12,15H,8-9H2,1-7H3. The van der Waals surface area contributed by atoms with Crippen molar-refractivity contribution in [3.63, 3.8) is 0 Å². The van der Waals surface area contributed by atoms with Gasteiger partial charge < -0.3 is 10.1 Å². The highest BCUT2D eigenvalue weighted by Gasteiger charge is 2.23. The van der Waals surface area contributed by atoms with Crippen molar-refractivity contribution in [2.24, 2.45) is 7.05 Å². The lowest BCUT2D eigenvalue weighted by molar-refractivity contribution is 0.0118. The maximum absolute atomic E-state index is 5.49. The summed E-state index contributed by atoms with van der Waals surface area (Å²) in [6, 6.07) is 0.341. The van der Waals surface area contributed by atoms with E-state index in [0.29, 0.717) is 6.04 Å². The van der Waals surface area contributed by atoms with Crippen molar-refractivity contribution in [3.05, 3.63) is 17.0 Å². The Morgan fingerprint density at radius 3 is 2.39 bits per heavy atom. The number of rotatable bonds is 6. The van der Waals surface area contributed by atoms with E-state index in [2.05, 4.69) is 38.1 Å². The molecule has 1 unspecified atom stereocenters. The molecule has 0 fully saturated rings. The maximum Gasteiger partial charge on any atom is 0.0644 e. The van der Waals surface area contributed by atoms with E-state index >= 15 is 0 Å². The van der Waals surface area contributed by atoms with Crippen molar-refractivity contribution < 1.29 is 4.74 Å². The first kappa shape index (κ1) is 15.2. The molecule has 0 amide bonds. The van der Waals surface area contributed by atoms with E-state index in [4.69, 9.17) is 4.74 Å². The van der Waals surface area contributed by atoms with Gasteiger partial charge in [0.2, 0.25) is 0 Å². The molecular formula is C14H27N3O. The topological polar surface area (TPSA) is 39.1 Å². The minimum atomic E-state index is -0.0703. The van der Waals surface area contributed by atoms with E-state index in [-0.39, 0.29) is 5.60 Å². The van der Waals surface area contributed by atoms with Gasteiger partial charge in [0.15, 0.2) is 0 Å². The van der Waals surface area contributed by atoms with Gasteiger partial charge in [-0.05, 0) is 47.6 Å². The van der Waals surface area contributed by atoms with Gasteiger partial charge in [0, 0.05) is 31.5 Å². The number of methoxy groups -OCH3 is 1. The summed E-state index contributed by atoms with van der Waals surface area (Å²) in [5.41, 5.74) is 3.61. The Morgan fingerprint density at radius 2 is 2.00 bits per heavy atom. The fourth-order valence-electron chi connectivity index (χ4n) is 2.32. The molecule has 0 aliphatic heterocycles. The smallest absolute Gasteiger partial charge is 0.0644 e. The molecule has 1 N–H and O–H groups in total. The average Bonchev–Trinajstić information content (AvgIpc) is 2.56. The maximum atomic E-state index is 5.49. The number of nitrogens with zero attached hydrogens (tertiary/aromatic N) is 2. The lowest BCUT2D eigenvalue weighted by atomic mass is 9.94. The van der Waals surface area contributed by atoms with Gasteiger partial charge in [-0.1, -0.05) is 0 Å². The summed E-state index contributed by atoms with van der Waals surface area (Å²) in [7, 11) is 5.78. The van der Waals surface area contributed by atoms with Crippen molar-refractivity contribution in [2.75, 3.05) is 14.2 Å². The van der Waals surface area contributed by atoms with Gasteiger partial charge in [0.1, 0.15) is 0 Å². The molecule has 1 atom stereocenters. The van der Waals surface area contributed by atoms with Crippen LogP contribution >= 0.6 is 0 Å². The van der Waals surface area contributed by atoms with Crippen molar-refractivity contribution >= 4 is 0 Å². The molecule has 0 saturated heterocycles. The summed E-state index contributed by atoms with van der Waals surface area (Å²) in [6.07, 6.45) is 2.06. The summed E-state index contributed by atoms with van der Waals surface area (Å²) >= 11 is 0. The minimum Gasteiger partial charge on any atom is -0.379 e. The zero-order valence-electron chi connectivity index (χ0n) is 12.8. The predicted octanol–water partition coefficient (Wildman–Crippen LogP) is 2.50. The summed E-state index contributed by atoms with van der Waals surface area (Å²) < 4.78 is 7.44. The molecule has 0 saturated carbocycles. The van der Waals surface area contributed by atoms with Crippen LogP contribution in [0.1, 0.15) is 49.7 Å². The van der Waals surface area contributed by atoms with E-state index in [1.165, 1.54) is 11.3 Å². The number of aryl methyl sites for hydroxylation is 2. The van der Waals surface area contributed by atoms with Gasteiger partial charge in [-0.2, -0.15) is 5.10 Å². The van der Waals surface area contributed by atoms with Crippen LogP contribution in [0, 0.1) is 13.8 Å². The SMILES string of the molecule is CNC(CCC(C)(C)OC)c1c(C)nn(C)c1C. The fourth-order valence-corrected chi connectivity index (χ4v) is 2.32. The van der Waals surface area contributed by atoms with Crippen LogP contribution in [0.5, 0.6) is 0 Å². The van der Waals surface area contributed by atoms with E-state index < -0.39 is 0 Å². The number of nitrogens with one attached hydrogen (secondary N) is 1. The highest BCUT2D eigenvalue weighted by molar-refractivity contribution is 5.28. The zero-order valence-corrected chi connectivity index (χ0v) is 12.8. The molecule has 0 aliphatic carbocycles. The molecule has 1 aromatic heterocycles. The highest BCUT2D eigenvalue weighted by Crippen LogP contribution is 2.28. The van der Waals surface area contributed by atoms with Gasteiger partial charge >= 0.3 is 0 Å². The van der Waals surface area contributed by atoms with Gasteiger partial charge in [0.05, 0.1) is 11.3 Å². The Kier molecular flexibility index (Phi) is 4.93. The molecule has 0 aromatic carbocycles. The molecule has 0 bridgehead atoms. The lowest BCUT2D eigenvalue weighted by Crippen LogP contribution is -2.26. The average molecular weight is 253 g/mol. The molecular weight excluding hydrogens is 226 g/mol. The molecule has 1 heterocycles. The molecule has 0 radical (unpaired) electrons. The van der Waals surface area contributed by atoms with Crippen molar-refractivity contribution in [1.82, 2.24) is 15.1 Å². The Morgan fingerprint density at radius 1 is 1.39 bits per heavy atom. The van der Waals surface area contributed by atoms with Gasteiger partial charge in [-0.3, -0.25) is 4.68 Å². The summed E-state index contributed by atoms with van der Waals surface area (Å²) in [6.45, 7) is 8.46. The zero-order chi connectivity index (χ0) is 13.9. The first-order chi connectivity index (χ1) is 8.32. The van der Waals surface area contributed by atoms with E-state index in [1.807, 2.05) is 18.8 Å². The number of hydrogen-bond donors (Lipinski definition) is 1. The van der Waals surface area contributed by atoms with Gasteiger partial charge in [-0.15, -0.1) is 0 Å². The second kappa shape index (κ2) is 5.85. The first-order valence-corrected chi connectivity index (χ1v) is 6.55. The van der Waals surface area contributed by atoms with E-state index in [1.54, 1.807) is 7.11 Å². The van der Waals surface area contributed by atoms with Crippen molar-refractivity contribution in [2.45, 2.75) is 52.2 Å². The Hall–Kier alpha value is -0.870. The third kappa shape index (κ3) is 3.33. The highest BCUT2D eigenvalue weighted by atomic mass is 16.5. The van der Waals surface area contributed by atoms with E-state index in [9.17, 15) is 0 Å². The lowest BCUT2D eigenvalue weighted by Gasteiger charge is -2.26. The quantitative estimate of drug-likeness (QED) is 0.846. The van der Waals surface area contributed by atoms with Crippen molar-refractivity contribution in [3.8, 4) is 0 Å².